The van der Waals surface area contributed by atoms with Crippen LogP contribution in [0, 0.1) is 0 Å². The standard InChI is InChI=1S/C47H43N3O5P2/c1-55-45(52)31-30-44(51)50-32-40(48-46(53)38-26-14-16-28-42(38)56(34-18-6-2-7-19-34)35-20-8-3-9-21-35)41(33-50)49-47(54)39-27-15-17-29-43(39)57(36-22-10-4-11-23-36)37-24-12-5-13-25-37/h2-29,40-41H,30-33H2,1H3,(H,48,53)(H,49,54)/t40-,41-/m1/s1. The first-order valence-electron chi connectivity index (χ1n) is 18.9. The van der Waals surface area contributed by atoms with E-state index in [0.717, 1.165) is 31.8 Å². The Morgan fingerprint density at radius 2 is 0.842 bits per heavy atom. The number of methoxy groups -OCH3 is 1. The monoisotopic (exact) mass is 791 g/mol. The number of nitrogens with zero attached hydrogens (tertiary/aromatic N) is 1. The summed E-state index contributed by atoms with van der Waals surface area (Å²) in [6.45, 7) is 0.320. The minimum atomic E-state index is -1.09. The minimum absolute atomic E-state index is 0.0451. The fourth-order valence-electron chi connectivity index (χ4n) is 7.15. The molecule has 0 unspecified atom stereocenters. The maximum absolute atomic E-state index is 14.5. The predicted octanol–water partition coefficient (Wildman–Crippen LogP) is 4.90. The third-order valence-electron chi connectivity index (χ3n) is 9.91. The number of rotatable bonds is 13. The van der Waals surface area contributed by atoms with Gasteiger partial charge in [0.2, 0.25) is 5.91 Å². The van der Waals surface area contributed by atoms with Crippen LogP contribution in [0.25, 0.3) is 0 Å². The van der Waals surface area contributed by atoms with Gasteiger partial charge in [0, 0.05) is 30.6 Å². The van der Waals surface area contributed by atoms with Crippen LogP contribution >= 0.6 is 15.8 Å². The van der Waals surface area contributed by atoms with E-state index < -0.39 is 33.9 Å². The van der Waals surface area contributed by atoms with Crippen LogP contribution in [0.2, 0.25) is 0 Å². The van der Waals surface area contributed by atoms with Crippen LogP contribution < -0.4 is 42.5 Å². The van der Waals surface area contributed by atoms with Gasteiger partial charge in [0.25, 0.3) is 11.8 Å². The van der Waals surface area contributed by atoms with Crippen molar-refractivity contribution in [2.24, 2.45) is 0 Å². The Labute approximate surface area is 335 Å². The van der Waals surface area contributed by atoms with Crippen LogP contribution in [0.5, 0.6) is 0 Å². The van der Waals surface area contributed by atoms with Gasteiger partial charge in [-0.25, -0.2) is 0 Å². The van der Waals surface area contributed by atoms with Gasteiger partial charge in [-0.1, -0.05) is 158 Å². The molecule has 6 aromatic carbocycles. The summed E-state index contributed by atoms with van der Waals surface area (Å²) in [5.74, 6) is -1.33. The van der Waals surface area contributed by atoms with Gasteiger partial charge >= 0.3 is 5.97 Å². The van der Waals surface area contributed by atoms with Crippen molar-refractivity contribution in [2.75, 3.05) is 20.2 Å². The number of carbonyl (C=O) groups excluding carboxylic acids is 4. The minimum Gasteiger partial charge on any atom is -0.469 e. The van der Waals surface area contributed by atoms with Crippen molar-refractivity contribution in [1.82, 2.24) is 15.5 Å². The van der Waals surface area contributed by atoms with Gasteiger partial charge in [-0.3, -0.25) is 19.2 Å². The average molecular weight is 792 g/mol. The van der Waals surface area contributed by atoms with Crippen LogP contribution in [0.4, 0.5) is 0 Å². The van der Waals surface area contributed by atoms with Crippen LogP contribution in [0.3, 0.4) is 0 Å². The van der Waals surface area contributed by atoms with Crippen molar-refractivity contribution >= 4 is 71.4 Å². The largest absolute Gasteiger partial charge is 0.469 e. The molecule has 286 valence electrons. The molecule has 1 saturated heterocycles. The number of likely N-dealkylation sites (tertiary alicyclic amines) is 1. The van der Waals surface area contributed by atoms with E-state index >= 15 is 0 Å². The van der Waals surface area contributed by atoms with E-state index in [2.05, 4.69) is 59.2 Å². The molecule has 1 fully saturated rings. The number of hydrogen-bond donors (Lipinski definition) is 2. The van der Waals surface area contributed by atoms with E-state index in [1.165, 1.54) is 7.11 Å². The topological polar surface area (TPSA) is 105 Å². The zero-order valence-electron chi connectivity index (χ0n) is 31.5. The van der Waals surface area contributed by atoms with Crippen molar-refractivity contribution < 1.29 is 23.9 Å². The highest BCUT2D eigenvalue weighted by Gasteiger charge is 2.38. The molecular formula is C47H43N3O5P2. The van der Waals surface area contributed by atoms with Gasteiger partial charge < -0.3 is 20.3 Å². The third-order valence-corrected chi connectivity index (χ3v) is 14.9. The molecular weight excluding hydrogens is 748 g/mol. The Hall–Kier alpha value is -5.94. The molecule has 57 heavy (non-hydrogen) atoms. The number of ether oxygens (including phenoxy) is 1. The van der Waals surface area contributed by atoms with Crippen molar-refractivity contribution in [3.63, 3.8) is 0 Å². The van der Waals surface area contributed by atoms with Gasteiger partial charge in [-0.15, -0.1) is 0 Å². The van der Waals surface area contributed by atoms with E-state index in [4.69, 9.17) is 4.74 Å². The molecule has 0 spiro atoms. The second-order valence-electron chi connectivity index (χ2n) is 13.6. The highest BCUT2D eigenvalue weighted by Crippen LogP contribution is 2.35. The zero-order chi connectivity index (χ0) is 39.6. The Balaban J connectivity index is 1.20. The van der Waals surface area contributed by atoms with Gasteiger partial charge in [-0.05, 0) is 59.8 Å². The van der Waals surface area contributed by atoms with E-state index in [9.17, 15) is 19.2 Å². The maximum Gasteiger partial charge on any atom is 0.306 e. The molecule has 10 heteroatoms. The molecule has 8 nitrogen and oxygen atoms in total. The summed E-state index contributed by atoms with van der Waals surface area (Å²) in [4.78, 5) is 56.0. The molecule has 2 N–H and O–H groups in total. The maximum atomic E-state index is 14.5. The Kier molecular flexibility index (Phi) is 13.0. The molecule has 1 aliphatic heterocycles. The summed E-state index contributed by atoms with van der Waals surface area (Å²) in [5, 5.41) is 12.7. The van der Waals surface area contributed by atoms with Crippen LogP contribution in [-0.4, -0.2) is 60.9 Å². The Morgan fingerprint density at radius 3 is 1.19 bits per heavy atom. The van der Waals surface area contributed by atoms with Crippen LogP contribution in [-0.2, 0) is 14.3 Å². The van der Waals surface area contributed by atoms with Crippen molar-refractivity contribution in [2.45, 2.75) is 24.9 Å². The lowest BCUT2D eigenvalue weighted by molar-refractivity contribution is -0.143. The summed E-state index contributed by atoms with van der Waals surface area (Å²) >= 11 is 0. The molecule has 0 bridgehead atoms. The highest BCUT2D eigenvalue weighted by molar-refractivity contribution is 7.80. The van der Waals surface area contributed by atoms with Crippen LogP contribution in [0.15, 0.2) is 170 Å². The average Bonchev–Trinajstić information content (AvgIpc) is 3.66. The van der Waals surface area contributed by atoms with Crippen molar-refractivity contribution in [3.05, 3.63) is 181 Å². The normalized spacial score (nSPS) is 15.0. The van der Waals surface area contributed by atoms with Crippen molar-refractivity contribution in [3.8, 4) is 0 Å². The second kappa shape index (κ2) is 18.8. The number of nitrogens with one attached hydrogen (secondary N) is 2. The molecule has 1 aliphatic rings. The van der Waals surface area contributed by atoms with Gasteiger partial charge in [-0.2, -0.15) is 0 Å². The van der Waals surface area contributed by atoms with Gasteiger partial charge in [0.05, 0.1) is 25.6 Å². The van der Waals surface area contributed by atoms with E-state index in [0.29, 0.717) is 11.1 Å². The number of carbonyl (C=O) groups is 4. The molecule has 0 saturated carbocycles. The summed E-state index contributed by atoms with van der Waals surface area (Å²) < 4.78 is 4.78. The summed E-state index contributed by atoms with van der Waals surface area (Å²) in [5.41, 5.74) is 1.05. The number of benzene rings is 6. The third kappa shape index (κ3) is 9.37. The molecule has 3 amide bonds. The van der Waals surface area contributed by atoms with E-state index in [1.54, 1.807) is 4.90 Å². The van der Waals surface area contributed by atoms with E-state index in [1.807, 2.05) is 121 Å². The molecule has 7 rings (SSSR count). The van der Waals surface area contributed by atoms with Gasteiger partial charge in [0.15, 0.2) is 0 Å². The lowest BCUT2D eigenvalue weighted by atomic mass is 10.1. The van der Waals surface area contributed by atoms with Crippen molar-refractivity contribution in [1.29, 1.82) is 0 Å². The molecule has 1 heterocycles. The zero-order valence-corrected chi connectivity index (χ0v) is 33.3. The summed E-state index contributed by atoms with van der Waals surface area (Å²) in [7, 11) is -0.890. The first-order chi connectivity index (χ1) is 27.9. The van der Waals surface area contributed by atoms with E-state index in [-0.39, 0.29) is 43.7 Å². The SMILES string of the molecule is COC(=O)CCC(=O)N1C[C@@H](NC(=O)c2ccccc2P(c2ccccc2)c2ccccc2)[C@H](NC(=O)c2ccccc2P(c2ccccc2)c2ccccc2)C1. The molecule has 2 atom stereocenters. The number of esters is 1. The molecule has 0 aromatic heterocycles. The summed E-state index contributed by atoms with van der Waals surface area (Å²) in [6, 6.07) is 54.8. The predicted molar refractivity (Wildman–Crippen MR) is 231 cm³/mol. The molecule has 0 aliphatic carbocycles. The Bertz CT molecular complexity index is 2080. The summed E-state index contributed by atoms with van der Waals surface area (Å²) in [6.07, 6.45) is -0.109. The highest BCUT2D eigenvalue weighted by atomic mass is 31.1. The second-order valence-corrected chi connectivity index (χ2v) is 18.0. The van der Waals surface area contributed by atoms with Gasteiger partial charge in [0.1, 0.15) is 0 Å². The number of hydrogen-bond acceptors (Lipinski definition) is 5. The first kappa shape index (κ1) is 39.3. The molecule has 6 aromatic rings. The lowest BCUT2D eigenvalue weighted by Gasteiger charge is -2.25. The Morgan fingerprint density at radius 1 is 0.509 bits per heavy atom. The number of amides is 3. The fourth-order valence-corrected chi connectivity index (χ4v) is 12.0. The fraction of sp³-hybridized carbons (Fsp3) is 0.149. The first-order valence-corrected chi connectivity index (χ1v) is 21.5. The smallest absolute Gasteiger partial charge is 0.306 e. The quantitative estimate of drug-likeness (QED) is 0.128. The van der Waals surface area contributed by atoms with Crippen LogP contribution in [0.1, 0.15) is 33.6 Å². The molecule has 0 radical (unpaired) electrons. The lowest BCUT2D eigenvalue weighted by Crippen LogP contribution is -2.52.